The Labute approximate surface area is 132 Å². The Hall–Kier alpha value is -1.81. The van der Waals surface area contributed by atoms with Crippen molar-refractivity contribution in [2.75, 3.05) is 13.2 Å². The van der Waals surface area contributed by atoms with Gasteiger partial charge in [0.15, 0.2) is 5.76 Å². The molecule has 1 aromatic heterocycles. The Bertz CT molecular complexity index is 591. The van der Waals surface area contributed by atoms with Gasteiger partial charge in [0.25, 0.3) is 0 Å². The minimum atomic E-state index is 0.359. The molecule has 4 nitrogen and oxygen atoms in total. The van der Waals surface area contributed by atoms with Gasteiger partial charge in [-0.3, -0.25) is 4.90 Å². The highest BCUT2D eigenvalue weighted by atomic mass is 16.5. The molecule has 1 atom stereocenters. The van der Waals surface area contributed by atoms with Crippen LogP contribution in [0, 0.1) is 6.92 Å². The maximum atomic E-state index is 5.64. The van der Waals surface area contributed by atoms with Crippen molar-refractivity contribution in [3.8, 4) is 5.75 Å². The van der Waals surface area contributed by atoms with Crippen molar-refractivity contribution in [3.05, 3.63) is 47.3 Å². The van der Waals surface area contributed by atoms with Crippen LogP contribution in [0.5, 0.6) is 5.75 Å². The summed E-state index contributed by atoms with van der Waals surface area (Å²) < 4.78 is 11.1. The van der Waals surface area contributed by atoms with E-state index in [1.807, 2.05) is 6.92 Å². The van der Waals surface area contributed by atoms with Crippen LogP contribution in [0.1, 0.15) is 49.2 Å². The van der Waals surface area contributed by atoms with E-state index in [0.717, 1.165) is 49.7 Å². The van der Waals surface area contributed by atoms with Gasteiger partial charge in [-0.25, -0.2) is 0 Å². The first-order valence-electron chi connectivity index (χ1n) is 8.15. The Morgan fingerprint density at radius 2 is 2.14 bits per heavy atom. The average Bonchev–Trinajstić information content (AvgIpc) is 3.15. The Morgan fingerprint density at radius 1 is 1.32 bits per heavy atom. The van der Waals surface area contributed by atoms with E-state index in [1.165, 1.54) is 12.0 Å². The van der Waals surface area contributed by atoms with Gasteiger partial charge in [-0.15, -0.1) is 0 Å². The van der Waals surface area contributed by atoms with E-state index < -0.39 is 0 Å². The molecule has 118 valence electrons. The molecule has 0 N–H and O–H groups in total. The van der Waals surface area contributed by atoms with Gasteiger partial charge in [0.05, 0.1) is 18.3 Å². The third-order valence-corrected chi connectivity index (χ3v) is 4.12. The van der Waals surface area contributed by atoms with E-state index in [9.17, 15) is 0 Å². The van der Waals surface area contributed by atoms with E-state index in [2.05, 4.69) is 47.3 Å². The highest BCUT2D eigenvalue weighted by Gasteiger charge is 2.28. The molecule has 0 saturated carbocycles. The maximum absolute atomic E-state index is 5.64. The SMILES string of the molecule is CCCOc1ccc(CN2CCCC2c2cc(C)no2)cc1. The molecule has 0 aliphatic carbocycles. The molecule has 22 heavy (non-hydrogen) atoms. The summed E-state index contributed by atoms with van der Waals surface area (Å²) in [4.78, 5) is 2.47. The summed E-state index contributed by atoms with van der Waals surface area (Å²) in [5, 5.41) is 4.02. The van der Waals surface area contributed by atoms with Crippen molar-refractivity contribution in [2.24, 2.45) is 0 Å². The predicted octanol–water partition coefficient (Wildman–Crippen LogP) is 4.11. The molecule has 4 heteroatoms. The number of likely N-dealkylation sites (tertiary alicyclic amines) is 1. The van der Waals surface area contributed by atoms with E-state index in [1.54, 1.807) is 0 Å². The second-order valence-electron chi connectivity index (χ2n) is 5.99. The standard InChI is InChI=1S/C18H24N2O2/c1-3-11-21-16-8-6-15(7-9-16)13-20-10-4-5-17(20)18-12-14(2)19-22-18/h6-9,12,17H,3-5,10-11,13H2,1-2H3. The zero-order chi connectivity index (χ0) is 15.4. The largest absolute Gasteiger partial charge is 0.494 e. The van der Waals surface area contributed by atoms with Crippen molar-refractivity contribution in [1.82, 2.24) is 10.1 Å². The van der Waals surface area contributed by atoms with Gasteiger partial charge in [-0.1, -0.05) is 24.2 Å². The average molecular weight is 300 g/mol. The molecule has 0 radical (unpaired) electrons. The molecular formula is C18H24N2O2. The third-order valence-electron chi connectivity index (χ3n) is 4.12. The monoisotopic (exact) mass is 300 g/mol. The number of rotatable bonds is 6. The normalized spacial score (nSPS) is 18.7. The number of nitrogens with zero attached hydrogens (tertiary/aromatic N) is 2. The summed E-state index contributed by atoms with van der Waals surface area (Å²) in [5.41, 5.74) is 2.27. The lowest BCUT2D eigenvalue weighted by Crippen LogP contribution is -2.22. The number of ether oxygens (including phenoxy) is 1. The second kappa shape index (κ2) is 6.97. The zero-order valence-corrected chi connectivity index (χ0v) is 13.4. The van der Waals surface area contributed by atoms with Gasteiger partial charge >= 0.3 is 0 Å². The number of benzene rings is 1. The molecule has 3 rings (SSSR count). The van der Waals surface area contributed by atoms with Crippen molar-refractivity contribution >= 4 is 0 Å². The number of hydrogen-bond acceptors (Lipinski definition) is 4. The van der Waals surface area contributed by atoms with Crippen molar-refractivity contribution < 1.29 is 9.26 Å². The maximum Gasteiger partial charge on any atom is 0.154 e. The highest BCUT2D eigenvalue weighted by molar-refractivity contribution is 5.27. The van der Waals surface area contributed by atoms with Crippen LogP contribution >= 0.6 is 0 Å². The van der Waals surface area contributed by atoms with Gasteiger partial charge in [-0.2, -0.15) is 0 Å². The van der Waals surface area contributed by atoms with E-state index in [0.29, 0.717) is 6.04 Å². The fourth-order valence-electron chi connectivity index (χ4n) is 3.02. The third kappa shape index (κ3) is 3.50. The summed E-state index contributed by atoms with van der Waals surface area (Å²) in [6, 6.07) is 10.9. The molecule has 1 aromatic carbocycles. The van der Waals surface area contributed by atoms with E-state index in [-0.39, 0.29) is 0 Å². The van der Waals surface area contributed by atoms with E-state index in [4.69, 9.17) is 9.26 Å². The van der Waals surface area contributed by atoms with Crippen molar-refractivity contribution in [1.29, 1.82) is 0 Å². The zero-order valence-electron chi connectivity index (χ0n) is 13.4. The highest BCUT2D eigenvalue weighted by Crippen LogP contribution is 2.33. The van der Waals surface area contributed by atoms with Gasteiger partial charge in [0.1, 0.15) is 5.75 Å². The lowest BCUT2D eigenvalue weighted by molar-refractivity contribution is 0.206. The summed E-state index contributed by atoms with van der Waals surface area (Å²) in [6.07, 6.45) is 3.39. The summed E-state index contributed by atoms with van der Waals surface area (Å²) in [5.74, 6) is 1.95. The second-order valence-corrected chi connectivity index (χ2v) is 5.99. The molecule has 0 bridgehead atoms. The van der Waals surface area contributed by atoms with Gasteiger partial charge in [0.2, 0.25) is 0 Å². The fraction of sp³-hybridized carbons (Fsp3) is 0.500. The van der Waals surface area contributed by atoms with Gasteiger partial charge in [0, 0.05) is 12.6 Å². The fourth-order valence-corrected chi connectivity index (χ4v) is 3.02. The van der Waals surface area contributed by atoms with Crippen molar-refractivity contribution in [2.45, 2.75) is 45.7 Å². The first-order valence-corrected chi connectivity index (χ1v) is 8.15. The summed E-state index contributed by atoms with van der Waals surface area (Å²) >= 11 is 0. The first-order chi connectivity index (χ1) is 10.8. The van der Waals surface area contributed by atoms with E-state index >= 15 is 0 Å². The topological polar surface area (TPSA) is 38.5 Å². The molecular weight excluding hydrogens is 276 g/mol. The van der Waals surface area contributed by atoms with Crippen LogP contribution in [-0.2, 0) is 6.54 Å². The minimum Gasteiger partial charge on any atom is -0.494 e. The molecule has 2 heterocycles. The van der Waals surface area contributed by atoms with Crippen LogP contribution in [-0.4, -0.2) is 23.2 Å². The predicted molar refractivity (Wildman–Crippen MR) is 85.9 cm³/mol. The van der Waals surface area contributed by atoms with Crippen LogP contribution in [0.3, 0.4) is 0 Å². The Kier molecular flexibility index (Phi) is 4.78. The van der Waals surface area contributed by atoms with Crippen LogP contribution < -0.4 is 4.74 Å². The number of aryl methyl sites for hydroxylation is 1. The molecule has 2 aromatic rings. The first kappa shape index (κ1) is 15.1. The Balaban J connectivity index is 1.64. The number of hydrogen-bond donors (Lipinski definition) is 0. The smallest absolute Gasteiger partial charge is 0.154 e. The molecule has 0 amide bonds. The number of aromatic nitrogens is 1. The van der Waals surface area contributed by atoms with Gasteiger partial charge < -0.3 is 9.26 Å². The lowest BCUT2D eigenvalue weighted by atomic mass is 10.1. The summed E-state index contributed by atoms with van der Waals surface area (Å²) in [7, 11) is 0. The molecule has 0 spiro atoms. The summed E-state index contributed by atoms with van der Waals surface area (Å²) in [6.45, 7) is 6.92. The van der Waals surface area contributed by atoms with Crippen LogP contribution in [0.15, 0.2) is 34.9 Å². The minimum absolute atomic E-state index is 0.359. The van der Waals surface area contributed by atoms with Gasteiger partial charge in [-0.05, 0) is 50.4 Å². The van der Waals surface area contributed by atoms with Crippen molar-refractivity contribution in [3.63, 3.8) is 0 Å². The molecule has 1 unspecified atom stereocenters. The molecule has 1 saturated heterocycles. The van der Waals surface area contributed by atoms with Crippen LogP contribution in [0.25, 0.3) is 0 Å². The quantitative estimate of drug-likeness (QED) is 0.804. The molecule has 1 aliphatic rings. The molecule has 1 fully saturated rings. The lowest BCUT2D eigenvalue weighted by Gasteiger charge is -2.22. The Morgan fingerprint density at radius 3 is 2.82 bits per heavy atom. The van der Waals surface area contributed by atoms with Crippen LogP contribution in [0.2, 0.25) is 0 Å². The molecule has 1 aliphatic heterocycles. The van der Waals surface area contributed by atoms with Crippen LogP contribution in [0.4, 0.5) is 0 Å².